The van der Waals surface area contributed by atoms with Gasteiger partial charge in [-0.2, -0.15) is 19.6 Å². The van der Waals surface area contributed by atoms with Crippen LogP contribution in [0, 0.1) is 6.92 Å². The summed E-state index contributed by atoms with van der Waals surface area (Å²) in [6, 6.07) is 8.02. The first-order chi connectivity index (χ1) is 13.7. The number of aromatic nitrogens is 6. The second kappa shape index (κ2) is 6.75. The highest BCUT2D eigenvalue weighted by Crippen LogP contribution is 2.19. The highest BCUT2D eigenvalue weighted by molar-refractivity contribution is 5.74. The van der Waals surface area contributed by atoms with Crippen LogP contribution in [0.15, 0.2) is 30.5 Å². The number of fused-ring (bicyclic) bond motifs is 2. The van der Waals surface area contributed by atoms with Gasteiger partial charge in [0.25, 0.3) is 0 Å². The molecule has 28 heavy (non-hydrogen) atoms. The number of para-hydroxylation sites is 2. The molecule has 9 nitrogen and oxygen atoms in total. The molecule has 1 aromatic carbocycles. The lowest BCUT2D eigenvalue weighted by Crippen LogP contribution is -2.45. The largest absolute Gasteiger partial charge is 0.347 e. The molecule has 0 atom stereocenters. The highest BCUT2D eigenvalue weighted by Gasteiger charge is 2.19. The molecule has 4 heterocycles. The second-order valence-electron chi connectivity index (χ2n) is 7.25. The SMILES string of the molecule is Cc1cnn2c(NCc3nc4ccccc4[nH]3)nc(N3CCN(C)CC3)nc12. The molecule has 2 N–H and O–H groups in total. The van der Waals surface area contributed by atoms with Gasteiger partial charge in [0.05, 0.1) is 23.8 Å². The lowest BCUT2D eigenvalue weighted by Gasteiger charge is -2.32. The van der Waals surface area contributed by atoms with Crippen molar-refractivity contribution in [2.24, 2.45) is 0 Å². The fourth-order valence-electron chi connectivity index (χ4n) is 3.49. The van der Waals surface area contributed by atoms with Gasteiger partial charge in [-0.25, -0.2) is 4.98 Å². The molecule has 1 fully saturated rings. The number of likely N-dealkylation sites (N-methyl/N-ethyl adjacent to an activating group) is 1. The molecule has 0 bridgehead atoms. The maximum atomic E-state index is 4.78. The van der Waals surface area contributed by atoms with Crippen LogP contribution < -0.4 is 10.2 Å². The number of rotatable bonds is 4. The van der Waals surface area contributed by atoms with E-state index >= 15 is 0 Å². The molecule has 4 aromatic rings. The van der Waals surface area contributed by atoms with Crippen LogP contribution in [0.3, 0.4) is 0 Å². The molecule has 0 spiro atoms. The van der Waals surface area contributed by atoms with Gasteiger partial charge in [-0.05, 0) is 26.1 Å². The summed E-state index contributed by atoms with van der Waals surface area (Å²) in [6.07, 6.45) is 1.82. The number of hydrogen-bond donors (Lipinski definition) is 2. The van der Waals surface area contributed by atoms with E-state index in [1.807, 2.05) is 37.4 Å². The van der Waals surface area contributed by atoms with Crippen LogP contribution in [-0.2, 0) is 6.54 Å². The average molecular weight is 377 g/mol. The highest BCUT2D eigenvalue weighted by atomic mass is 15.4. The van der Waals surface area contributed by atoms with Gasteiger partial charge in [-0.1, -0.05) is 12.1 Å². The van der Waals surface area contributed by atoms with E-state index in [1.54, 1.807) is 4.52 Å². The van der Waals surface area contributed by atoms with E-state index < -0.39 is 0 Å². The van der Waals surface area contributed by atoms with Gasteiger partial charge in [0.1, 0.15) is 5.82 Å². The quantitative estimate of drug-likeness (QED) is 0.559. The van der Waals surface area contributed by atoms with Crippen LogP contribution in [0.1, 0.15) is 11.4 Å². The van der Waals surface area contributed by atoms with Crippen molar-refractivity contribution in [1.82, 2.24) is 34.4 Å². The molecule has 5 rings (SSSR count). The number of nitrogens with one attached hydrogen (secondary N) is 2. The molecule has 9 heteroatoms. The Labute approximate surface area is 162 Å². The van der Waals surface area contributed by atoms with E-state index in [2.05, 4.69) is 37.2 Å². The van der Waals surface area contributed by atoms with E-state index in [0.29, 0.717) is 12.5 Å². The Hall–Kier alpha value is -3.20. The Bertz CT molecular complexity index is 1090. The molecule has 0 amide bonds. The van der Waals surface area contributed by atoms with E-state index in [-0.39, 0.29) is 0 Å². The minimum atomic E-state index is 0.530. The van der Waals surface area contributed by atoms with Crippen LogP contribution in [0.25, 0.3) is 16.7 Å². The maximum Gasteiger partial charge on any atom is 0.230 e. The van der Waals surface area contributed by atoms with Crippen LogP contribution in [0.2, 0.25) is 0 Å². The Morgan fingerprint density at radius 2 is 1.89 bits per heavy atom. The summed E-state index contributed by atoms with van der Waals surface area (Å²) < 4.78 is 1.76. The number of imidazole rings is 1. The van der Waals surface area contributed by atoms with Crippen molar-refractivity contribution < 1.29 is 0 Å². The third-order valence-corrected chi connectivity index (χ3v) is 5.17. The molecule has 0 aliphatic carbocycles. The summed E-state index contributed by atoms with van der Waals surface area (Å²) in [7, 11) is 2.14. The molecule has 144 valence electrons. The molecule has 1 saturated heterocycles. The summed E-state index contributed by atoms with van der Waals surface area (Å²) in [4.78, 5) is 22.1. The lowest BCUT2D eigenvalue weighted by atomic mass is 10.3. The fraction of sp³-hybridized carbons (Fsp3) is 0.368. The topological polar surface area (TPSA) is 90.3 Å². The number of H-pyrrole nitrogens is 1. The first-order valence-electron chi connectivity index (χ1n) is 9.51. The summed E-state index contributed by atoms with van der Waals surface area (Å²) in [5.41, 5.74) is 3.85. The summed E-state index contributed by atoms with van der Waals surface area (Å²) >= 11 is 0. The number of aromatic amines is 1. The smallest absolute Gasteiger partial charge is 0.230 e. The number of anilines is 2. The van der Waals surface area contributed by atoms with Gasteiger partial charge >= 0.3 is 0 Å². The Morgan fingerprint density at radius 1 is 1.07 bits per heavy atom. The van der Waals surface area contributed by atoms with Crippen LogP contribution in [0.5, 0.6) is 0 Å². The van der Waals surface area contributed by atoms with E-state index in [0.717, 1.165) is 60.2 Å². The van der Waals surface area contributed by atoms with Gasteiger partial charge in [0, 0.05) is 31.7 Å². The van der Waals surface area contributed by atoms with Gasteiger partial charge in [0.2, 0.25) is 11.9 Å². The second-order valence-corrected chi connectivity index (χ2v) is 7.25. The molecule has 3 aromatic heterocycles. The fourth-order valence-corrected chi connectivity index (χ4v) is 3.49. The number of hydrogen-bond acceptors (Lipinski definition) is 7. The minimum Gasteiger partial charge on any atom is -0.347 e. The van der Waals surface area contributed by atoms with Gasteiger partial charge in [0.15, 0.2) is 5.65 Å². The predicted octanol–water partition coefficient (Wildman–Crippen LogP) is 1.67. The number of nitrogens with zero attached hydrogens (tertiary/aromatic N) is 7. The van der Waals surface area contributed by atoms with Crippen molar-refractivity contribution in [3.05, 3.63) is 41.9 Å². The normalized spacial score (nSPS) is 15.6. The summed E-state index contributed by atoms with van der Waals surface area (Å²) in [5, 5.41) is 7.83. The lowest BCUT2D eigenvalue weighted by molar-refractivity contribution is 0.311. The Kier molecular flexibility index (Phi) is 4.09. The molecule has 1 aliphatic rings. The van der Waals surface area contributed by atoms with E-state index in [1.165, 1.54) is 0 Å². The van der Waals surface area contributed by atoms with Crippen molar-refractivity contribution in [2.45, 2.75) is 13.5 Å². The van der Waals surface area contributed by atoms with Crippen LogP contribution >= 0.6 is 0 Å². The Balaban J connectivity index is 1.45. The summed E-state index contributed by atoms with van der Waals surface area (Å²) in [5.74, 6) is 2.28. The Morgan fingerprint density at radius 3 is 2.71 bits per heavy atom. The molecular formula is C19H23N9. The average Bonchev–Trinajstić information content (AvgIpc) is 3.30. The first kappa shape index (κ1) is 16.9. The number of aryl methyl sites for hydroxylation is 1. The van der Waals surface area contributed by atoms with Crippen molar-refractivity contribution >= 4 is 28.6 Å². The van der Waals surface area contributed by atoms with E-state index in [4.69, 9.17) is 9.97 Å². The van der Waals surface area contributed by atoms with E-state index in [9.17, 15) is 0 Å². The molecule has 0 unspecified atom stereocenters. The molecule has 0 saturated carbocycles. The molecule has 0 radical (unpaired) electrons. The molecular weight excluding hydrogens is 354 g/mol. The van der Waals surface area contributed by atoms with Gasteiger partial charge in [-0.15, -0.1) is 0 Å². The van der Waals surface area contributed by atoms with Crippen molar-refractivity contribution in [3.63, 3.8) is 0 Å². The predicted molar refractivity (Wildman–Crippen MR) is 109 cm³/mol. The monoisotopic (exact) mass is 377 g/mol. The molecule has 1 aliphatic heterocycles. The third kappa shape index (κ3) is 3.03. The van der Waals surface area contributed by atoms with Crippen molar-refractivity contribution in [3.8, 4) is 0 Å². The minimum absolute atomic E-state index is 0.530. The first-order valence-corrected chi connectivity index (χ1v) is 9.51. The van der Waals surface area contributed by atoms with Crippen LogP contribution in [0.4, 0.5) is 11.9 Å². The van der Waals surface area contributed by atoms with Crippen molar-refractivity contribution in [2.75, 3.05) is 43.4 Å². The zero-order valence-electron chi connectivity index (χ0n) is 16.1. The van der Waals surface area contributed by atoms with Gasteiger partial charge in [-0.3, -0.25) is 0 Å². The maximum absolute atomic E-state index is 4.78. The van der Waals surface area contributed by atoms with Crippen LogP contribution in [-0.4, -0.2) is 67.7 Å². The zero-order valence-corrected chi connectivity index (χ0v) is 16.1. The van der Waals surface area contributed by atoms with Gasteiger partial charge < -0.3 is 20.1 Å². The third-order valence-electron chi connectivity index (χ3n) is 5.17. The zero-order chi connectivity index (χ0) is 19.1. The standard InChI is InChI=1S/C19H23N9/c1-13-11-21-28-17(13)24-19(27-9-7-26(2)8-10-27)25-18(28)20-12-16-22-14-5-3-4-6-15(14)23-16/h3-6,11H,7-10,12H2,1-2H3,(H,22,23)(H,20,24,25). The number of benzene rings is 1. The number of piperazine rings is 1. The summed E-state index contributed by atoms with van der Waals surface area (Å²) in [6.45, 7) is 6.41. The van der Waals surface area contributed by atoms with Crippen molar-refractivity contribution in [1.29, 1.82) is 0 Å².